The van der Waals surface area contributed by atoms with Crippen molar-refractivity contribution in [2.45, 2.75) is 24.3 Å². The van der Waals surface area contributed by atoms with Crippen LogP contribution in [0, 0.1) is 0 Å². The molecule has 1 aliphatic carbocycles. The summed E-state index contributed by atoms with van der Waals surface area (Å²) in [6.07, 6.45) is 2.10. The molecule has 14 heavy (non-hydrogen) atoms. The number of hydrogen-bond donors (Lipinski definition) is 1. The van der Waals surface area contributed by atoms with E-state index in [0.29, 0.717) is 11.1 Å². The van der Waals surface area contributed by atoms with E-state index in [1.807, 2.05) is 12.1 Å². The first-order chi connectivity index (χ1) is 6.74. The lowest BCUT2D eigenvalue weighted by Crippen LogP contribution is -2.26. The molecule has 0 saturated heterocycles. The monoisotopic (exact) mass is 209 g/mol. The van der Waals surface area contributed by atoms with Crippen molar-refractivity contribution in [3.8, 4) is 5.75 Å². The highest BCUT2D eigenvalue weighted by atomic mass is 35.5. The zero-order valence-electron chi connectivity index (χ0n) is 7.79. The summed E-state index contributed by atoms with van der Waals surface area (Å²) < 4.78 is 5.59. The molecule has 1 fully saturated rings. The Labute approximate surface area is 88.0 Å². The van der Waals surface area contributed by atoms with Crippen LogP contribution in [0.15, 0.2) is 18.2 Å². The first-order valence-electron chi connectivity index (χ1n) is 4.91. The van der Waals surface area contributed by atoms with E-state index in [2.05, 4.69) is 6.07 Å². The van der Waals surface area contributed by atoms with Crippen LogP contribution in [0.2, 0.25) is 5.02 Å². The molecule has 0 amide bonds. The fourth-order valence-electron chi connectivity index (χ4n) is 2.45. The van der Waals surface area contributed by atoms with Crippen LogP contribution in [0.3, 0.4) is 0 Å². The Balaban J connectivity index is 2.16. The largest absolute Gasteiger partial charge is 0.492 e. The molecule has 3 rings (SSSR count). The molecule has 2 N–H and O–H groups in total. The number of hydrogen-bond acceptors (Lipinski definition) is 2. The maximum Gasteiger partial charge on any atom is 0.141 e. The molecule has 2 aliphatic rings. The fourth-order valence-corrected chi connectivity index (χ4v) is 2.68. The molecule has 3 heteroatoms. The average Bonchev–Trinajstić information content (AvgIpc) is 2.80. The van der Waals surface area contributed by atoms with Gasteiger partial charge in [0, 0.05) is 17.0 Å². The molecule has 0 bridgehead atoms. The van der Waals surface area contributed by atoms with Crippen molar-refractivity contribution in [3.05, 3.63) is 28.8 Å². The molecule has 1 aromatic carbocycles. The summed E-state index contributed by atoms with van der Waals surface area (Å²) in [4.78, 5) is 0. The van der Waals surface area contributed by atoms with Crippen molar-refractivity contribution < 1.29 is 4.74 Å². The Morgan fingerprint density at radius 3 is 3.00 bits per heavy atom. The van der Waals surface area contributed by atoms with Crippen molar-refractivity contribution >= 4 is 11.6 Å². The highest BCUT2D eigenvalue weighted by Gasteiger charge is 2.55. The van der Waals surface area contributed by atoms with E-state index in [4.69, 9.17) is 22.1 Å². The number of rotatable bonds is 0. The van der Waals surface area contributed by atoms with Gasteiger partial charge >= 0.3 is 0 Å². The fraction of sp³-hybridized carbons (Fsp3) is 0.455. The maximum absolute atomic E-state index is 6.08. The van der Waals surface area contributed by atoms with Gasteiger partial charge < -0.3 is 10.5 Å². The molecule has 2 unspecified atom stereocenters. The van der Waals surface area contributed by atoms with Gasteiger partial charge in [0.25, 0.3) is 0 Å². The minimum absolute atomic E-state index is 0.179. The third kappa shape index (κ3) is 0.956. The second-order valence-electron chi connectivity index (χ2n) is 4.18. The van der Waals surface area contributed by atoms with Crippen LogP contribution < -0.4 is 10.5 Å². The molecule has 0 aromatic heterocycles. The van der Waals surface area contributed by atoms with Crippen LogP contribution in [0.5, 0.6) is 5.75 Å². The van der Waals surface area contributed by atoms with Crippen molar-refractivity contribution in [3.63, 3.8) is 0 Å². The molecule has 1 spiro atoms. The predicted molar refractivity (Wildman–Crippen MR) is 55.8 cm³/mol. The van der Waals surface area contributed by atoms with E-state index in [1.54, 1.807) is 0 Å². The van der Waals surface area contributed by atoms with Gasteiger partial charge in [-0.3, -0.25) is 0 Å². The first-order valence-corrected chi connectivity index (χ1v) is 5.29. The molecular formula is C11H12ClNO. The number of ether oxygens (including phenoxy) is 1. The first kappa shape index (κ1) is 8.57. The normalized spacial score (nSPS) is 33.7. The molecule has 2 atom stereocenters. The number of halogens is 1. The van der Waals surface area contributed by atoms with Gasteiger partial charge in [0.2, 0.25) is 0 Å². The number of para-hydroxylation sites is 1. The van der Waals surface area contributed by atoms with E-state index in [-0.39, 0.29) is 5.41 Å². The van der Waals surface area contributed by atoms with Gasteiger partial charge in [-0.1, -0.05) is 23.7 Å². The van der Waals surface area contributed by atoms with Crippen LogP contribution in [-0.4, -0.2) is 12.6 Å². The quantitative estimate of drug-likeness (QED) is 0.710. The topological polar surface area (TPSA) is 35.2 Å². The Bertz CT molecular complexity index is 393. The third-order valence-electron chi connectivity index (χ3n) is 3.43. The van der Waals surface area contributed by atoms with Gasteiger partial charge in [-0.25, -0.2) is 0 Å². The smallest absolute Gasteiger partial charge is 0.141 e. The Hall–Kier alpha value is -0.730. The van der Waals surface area contributed by atoms with E-state index in [0.717, 1.165) is 25.2 Å². The van der Waals surface area contributed by atoms with Crippen molar-refractivity contribution in [1.29, 1.82) is 0 Å². The van der Waals surface area contributed by atoms with Crippen LogP contribution in [0.1, 0.15) is 18.4 Å². The summed E-state index contributed by atoms with van der Waals surface area (Å²) in [5.74, 6) is 0.855. The zero-order valence-corrected chi connectivity index (χ0v) is 8.55. The Morgan fingerprint density at radius 1 is 1.50 bits per heavy atom. The molecular weight excluding hydrogens is 198 g/mol. The van der Waals surface area contributed by atoms with Crippen LogP contribution >= 0.6 is 11.6 Å². The zero-order chi connectivity index (χ0) is 9.76. The SMILES string of the molecule is NC1CC12CCOc1c(Cl)cccc12. The van der Waals surface area contributed by atoms with Crippen LogP contribution in [-0.2, 0) is 5.41 Å². The lowest BCUT2D eigenvalue weighted by molar-refractivity contribution is 0.258. The Kier molecular flexibility index (Phi) is 1.62. The van der Waals surface area contributed by atoms with E-state index in [1.165, 1.54) is 5.56 Å². The average molecular weight is 210 g/mol. The molecule has 0 radical (unpaired) electrons. The van der Waals surface area contributed by atoms with Crippen LogP contribution in [0.4, 0.5) is 0 Å². The van der Waals surface area contributed by atoms with E-state index >= 15 is 0 Å². The van der Waals surface area contributed by atoms with E-state index in [9.17, 15) is 0 Å². The van der Waals surface area contributed by atoms with Gasteiger partial charge in [-0.15, -0.1) is 0 Å². The lowest BCUT2D eigenvalue weighted by atomic mass is 9.89. The standard InChI is InChI=1S/C11H12ClNO/c12-8-3-1-2-7-10(8)14-5-4-11(7)6-9(11)13/h1-3,9H,4-6,13H2. The summed E-state index contributed by atoms with van der Waals surface area (Å²) in [6, 6.07) is 6.23. The second-order valence-corrected chi connectivity index (χ2v) is 4.59. The molecule has 1 heterocycles. The summed E-state index contributed by atoms with van der Waals surface area (Å²) >= 11 is 6.08. The number of nitrogens with two attached hydrogens (primary N) is 1. The molecule has 74 valence electrons. The summed E-state index contributed by atoms with van der Waals surface area (Å²) in [5.41, 5.74) is 7.39. The molecule has 1 aromatic rings. The van der Waals surface area contributed by atoms with E-state index < -0.39 is 0 Å². The van der Waals surface area contributed by atoms with Gasteiger partial charge in [0.05, 0.1) is 11.6 Å². The summed E-state index contributed by atoms with van der Waals surface area (Å²) in [7, 11) is 0. The second kappa shape index (κ2) is 2.65. The summed E-state index contributed by atoms with van der Waals surface area (Å²) in [5, 5.41) is 0.709. The minimum atomic E-state index is 0.179. The van der Waals surface area contributed by atoms with Gasteiger partial charge in [-0.05, 0) is 18.9 Å². The van der Waals surface area contributed by atoms with Crippen LogP contribution in [0.25, 0.3) is 0 Å². The highest BCUT2D eigenvalue weighted by Crippen LogP contribution is 2.56. The molecule has 2 nitrogen and oxygen atoms in total. The Morgan fingerprint density at radius 2 is 2.29 bits per heavy atom. The summed E-state index contributed by atoms with van der Waals surface area (Å²) in [6.45, 7) is 0.741. The number of fused-ring (bicyclic) bond motifs is 2. The maximum atomic E-state index is 6.08. The van der Waals surface area contributed by atoms with Crippen molar-refractivity contribution in [2.75, 3.05) is 6.61 Å². The molecule has 1 aliphatic heterocycles. The van der Waals surface area contributed by atoms with Gasteiger partial charge in [-0.2, -0.15) is 0 Å². The van der Waals surface area contributed by atoms with Gasteiger partial charge in [0.15, 0.2) is 0 Å². The number of benzene rings is 1. The highest BCUT2D eigenvalue weighted by molar-refractivity contribution is 6.32. The van der Waals surface area contributed by atoms with Crippen molar-refractivity contribution in [1.82, 2.24) is 0 Å². The van der Waals surface area contributed by atoms with Gasteiger partial charge in [0.1, 0.15) is 5.75 Å². The van der Waals surface area contributed by atoms with Crippen molar-refractivity contribution in [2.24, 2.45) is 5.73 Å². The molecule has 1 saturated carbocycles. The lowest BCUT2D eigenvalue weighted by Gasteiger charge is -2.26. The third-order valence-corrected chi connectivity index (χ3v) is 3.73. The predicted octanol–water partition coefficient (Wildman–Crippen LogP) is 2.09. The minimum Gasteiger partial charge on any atom is -0.492 e.